The third-order valence-corrected chi connectivity index (χ3v) is 4.62. The number of fused-ring (bicyclic) bond motifs is 1. The van der Waals surface area contributed by atoms with E-state index in [9.17, 15) is 0 Å². The highest BCUT2D eigenvalue weighted by Crippen LogP contribution is 2.29. The van der Waals surface area contributed by atoms with Crippen LogP contribution in [0.15, 0.2) is 42.9 Å². The molecule has 1 unspecified atom stereocenters. The van der Waals surface area contributed by atoms with Crippen LogP contribution in [0.25, 0.3) is 11.0 Å². The van der Waals surface area contributed by atoms with Gasteiger partial charge in [0.25, 0.3) is 0 Å². The lowest BCUT2D eigenvalue weighted by atomic mass is 10.0. The summed E-state index contributed by atoms with van der Waals surface area (Å²) in [5.74, 6) is 2.15. The molecule has 118 valence electrons. The molecule has 1 aliphatic rings. The Morgan fingerprint density at radius 2 is 2.13 bits per heavy atom. The van der Waals surface area contributed by atoms with Gasteiger partial charge in [-0.05, 0) is 25.0 Å². The van der Waals surface area contributed by atoms with Gasteiger partial charge in [0.15, 0.2) is 0 Å². The standard InChI is InChI=1S/C18H21N5/c1-2-17-21-15-7-3-4-8-16(15)23(17)14-6-5-11-22(13-14)18-12-19-9-10-20-18/h3-4,7-10,12,14H,2,5-6,11,13H2,1H3. The van der Waals surface area contributed by atoms with Gasteiger partial charge in [0, 0.05) is 31.9 Å². The van der Waals surface area contributed by atoms with Gasteiger partial charge >= 0.3 is 0 Å². The first-order valence-electron chi connectivity index (χ1n) is 8.33. The first-order chi connectivity index (χ1) is 11.4. The number of hydrogen-bond acceptors (Lipinski definition) is 4. The van der Waals surface area contributed by atoms with E-state index in [-0.39, 0.29) is 0 Å². The minimum atomic E-state index is 0.438. The second kappa shape index (κ2) is 5.99. The number of imidazole rings is 1. The lowest BCUT2D eigenvalue weighted by molar-refractivity contribution is 0.402. The van der Waals surface area contributed by atoms with E-state index in [0.717, 1.165) is 37.3 Å². The van der Waals surface area contributed by atoms with Crippen molar-refractivity contribution in [1.29, 1.82) is 0 Å². The average Bonchev–Trinajstić information content (AvgIpc) is 3.01. The molecule has 5 heteroatoms. The molecule has 2 aromatic heterocycles. The van der Waals surface area contributed by atoms with Crippen LogP contribution < -0.4 is 4.90 Å². The zero-order chi connectivity index (χ0) is 15.6. The SMILES string of the molecule is CCc1nc2ccccc2n1C1CCCN(c2cnccn2)C1. The van der Waals surface area contributed by atoms with Crippen molar-refractivity contribution in [3.63, 3.8) is 0 Å². The van der Waals surface area contributed by atoms with Crippen LogP contribution in [-0.2, 0) is 6.42 Å². The zero-order valence-corrected chi connectivity index (χ0v) is 13.4. The number of aryl methyl sites for hydroxylation is 1. The fourth-order valence-electron chi connectivity index (χ4n) is 3.58. The van der Waals surface area contributed by atoms with Crippen molar-refractivity contribution in [2.24, 2.45) is 0 Å². The van der Waals surface area contributed by atoms with E-state index in [4.69, 9.17) is 4.98 Å². The van der Waals surface area contributed by atoms with Crippen LogP contribution in [0, 0.1) is 0 Å². The number of para-hydroxylation sites is 2. The number of anilines is 1. The molecule has 3 aromatic rings. The van der Waals surface area contributed by atoms with Gasteiger partial charge in [-0.1, -0.05) is 19.1 Å². The van der Waals surface area contributed by atoms with E-state index in [1.54, 1.807) is 12.4 Å². The Kier molecular flexibility index (Phi) is 3.69. The summed E-state index contributed by atoms with van der Waals surface area (Å²) in [7, 11) is 0. The highest BCUT2D eigenvalue weighted by molar-refractivity contribution is 5.76. The van der Waals surface area contributed by atoms with Crippen molar-refractivity contribution in [2.45, 2.75) is 32.2 Å². The maximum absolute atomic E-state index is 4.82. The zero-order valence-electron chi connectivity index (χ0n) is 13.4. The van der Waals surface area contributed by atoms with Crippen LogP contribution >= 0.6 is 0 Å². The maximum atomic E-state index is 4.82. The van der Waals surface area contributed by atoms with E-state index < -0.39 is 0 Å². The fraction of sp³-hybridized carbons (Fsp3) is 0.389. The Hall–Kier alpha value is -2.43. The van der Waals surface area contributed by atoms with Gasteiger partial charge in [-0.15, -0.1) is 0 Å². The molecular formula is C18H21N5. The minimum Gasteiger partial charge on any atom is -0.353 e. The largest absolute Gasteiger partial charge is 0.353 e. The van der Waals surface area contributed by atoms with Gasteiger partial charge in [-0.2, -0.15) is 0 Å². The van der Waals surface area contributed by atoms with Crippen molar-refractivity contribution < 1.29 is 0 Å². The summed E-state index contributed by atoms with van der Waals surface area (Å²) in [6.45, 7) is 4.19. The Balaban J connectivity index is 1.70. The second-order valence-corrected chi connectivity index (χ2v) is 6.05. The summed E-state index contributed by atoms with van der Waals surface area (Å²) in [6, 6.07) is 8.89. The molecule has 5 nitrogen and oxygen atoms in total. The van der Waals surface area contributed by atoms with Crippen molar-refractivity contribution >= 4 is 16.9 Å². The van der Waals surface area contributed by atoms with Crippen LogP contribution in [0.1, 0.15) is 31.6 Å². The number of benzene rings is 1. The molecule has 1 atom stereocenters. The molecule has 0 aliphatic carbocycles. The Bertz CT molecular complexity index is 796. The molecule has 4 rings (SSSR count). The molecule has 1 aromatic carbocycles. The highest BCUT2D eigenvalue weighted by Gasteiger charge is 2.25. The molecule has 1 saturated heterocycles. The van der Waals surface area contributed by atoms with Gasteiger partial charge < -0.3 is 9.47 Å². The van der Waals surface area contributed by atoms with E-state index in [1.807, 2.05) is 6.20 Å². The molecule has 0 bridgehead atoms. The molecule has 1 aliphatic heterocycles. The first kappa shape index (κ1) is 14.2. The van der Waals surface area contributed by atoms with Crippen molar-refractivity contribution in [1.82, 2.24) is 19.5 Å². The second-order valence-electron chi connectivity index (χ2n) is 6.05. The number of hydrogen-bond donors (Lipinski definition) is 0. The monoisotopic (exact) mass is 307 g/mol. The summed E-state index contributed by atoms with van der Waals surface area (Å²) in [5, 5.41) is 0. The lowest BCUT2D eigenvalue weighted by Gasteiger charge is -2.35. The number of rotatable bonds is 3. The van der Waals surface area contributed by atoms with Gasteiger partial charge in [0.2, 0.25) is 0 Å². The van der Waals surface area contributed by atoms with Crippen molar-refractivity contribution in [2.75, 3.05) is 18.0 Å². The molecule has 3 heterocycles. The predicted octanol–water partition coefficient (Wildman–Crippen LogP) is 3.23. The minimum absolute atomic E-state index is 0.438. The van der Waals surface area contributed by atoms with Gasteiger partial charge in [-0.3, -0.25) is 4.98 Å². The van der Waals surface area contributed by atoms with E-state index in [0.29, 0.717) is 6.04 Å². The fourth-order valence-corrected chi connectivity index (χ4v) is 3.58. The summed E-state index contributed by atoms with van der Waals surface area (Å²) in [6.07, 6.45) is 8.65. The lowest BCUT2D eigenvalue weighted by Crippen LogP contribution is -2.37. The molecule has 0 N–H and O–H groups in total. The summed E-state index contributed by atoms with van der Waals surface area (Å²) < 4.78 is 2.44. The van der Waals surface area contributed by atoms with Crippen LogP contribution in [0.4, 0.5) is 5.82 Å². The average molecular weight is 307 g/mol. The Morgan fingerprint density at radius 1 is 1.22 bits per heavy atom. The molecular weight excluding hydrogens is 286 g/mol. The van der Waals surface area contributed by atoms with Crippen LogP contribution in [0.2, 0.25) is 0 Å². The third-order valence-electron chi connectivity index (χ3n) is 4.62. The Labute approximate surface area is 136 Å². The number of piperidine rings is 1. The predicted molar refractivity (Wildman–Crippen MR) is 91.6 cm³/mol. The van der Waals surface area contributed by atoms with Crippen molar-refractivity contribution in [3.8, 4) is 0 Å². The maximum Gasteiger partial charge on any atom is 0.147 e. The molecule has 1 fully saturated rings. The molecule has 23 heavy (non-hydrogen) atoms. The van der Waals surface area contributed by atoms with Crippen LogP contribution in [-0.4, -0.2) is 32.6 Å². The molecule has 0 radical (unpaired) electrons. The highest BCUT2D eigenvalue weighted by atomic mass is 15.2. The smallest absolute Gasteiger partial charge is 0.147 e. The number of aromatic nitrogens is 4. The third kappa shape index (κ3) is 2.56. The molecule has 0 saturated carbocycles. The number of nitrogens with zero attached hydrogens (tertiary/aromatic N) is 5. The molecule has 0 amide bonds. The van der Waals surface area contributed by atoms with Gasteiger partial charge in [0.05, 0.1) is 23.3 Å². The van der Waals surface area contributed by atoms with Gasteiger partial charge in [0.1, 0.15) is 11.6 Å². The van der Waals surface area contributed by atoms with E-state index in [2.05, 4.69) is 50.6 Å². The quantitative estimate of drug-likeness (QED) is 0.745. The van der Waals surface area contributed by atoms with Crippen LogP contribution in [0.5, 0.6) is 0 Å². The van der Waals surface area contributed by atoms with Gasteiger partial charge in [-0.25, -0.2) is 9.97 Å². The summed E-state index contributed by atoms with van der Waals surface area (Å²) in [5.41, 5.74) is 2.34. The van der Waals surface area contributed by atoms with E-state index >= 15 is 0 Å². The van der Waals surface area contributed by atoms with Crippen molar-refractivity contribution in [3.05, 3.63) is 48.7 Å². The Morgan fingerprint density at radius 3 is 2.96 bits per heavy atom. The summed E-state index contributed by atoms with van der Waals surface area (Å²) in [4.78, 5) is 15.8. The molecule has 0 spiro atoms. The summed E-state index contributed by atoms with van der Waals surface area (Å²) >= 11 is 0. The topological polar surface area (TPSA) is 46.8 Å². The normalized spacial score (nSPS) is 18.5. The van der Waals surface area contributed by atoms with Crippen LogP contribution in [0.3, 0.4) is 0 Å². The first-order valence-corrected chi connectivity index (χ1v) is 8.33. The van der Waals surface area contributed by atoms with E-state index in [1.165, 1.54) is 17.8 Å².